The highest BCUT2D eigenvalue weighted by atomic mass is 19.1. The van der Waals surface area contributed by atoms with Gasteiger partial charge in [0.2, 0.25) is 5.91 Å². The highest BCUT2D eigenvalue weighted by molar-refractivity contribution is 6.23. The van der Waals surface area contributed by atoms with Gasteiger partial charge < -0.3 is 14.1 Å². The lowest BCUT2D eigenvalue weighted by Gasteiger charge is -2.31. The summed E-state index contributed by atoms with van der Waals surface area (Å²) in [6, 6.07) is 7.31. The maximum absolute atomic E-state index is 13.2. The largest absolute Gasteiger partial charge is 0.459 e. The third kappa shape index (κ3) is 4.12. The second-order valence-corrected chi connectivity index (χ2v) is 7.19. The third-order valence-corrected chi connectivity index (χ3v) is 5.34. The summed E-state index contributed by atoms with van der Waals surface area (Å²) in [4.78, 5) is 43.4. The first kappa shape index (κ1) is 20.2. The topological polar surface area (TPSA) is 83.3 Å². The molecule has 0 radical (unpaired) electrons. The molecule has 1 aromatic carbocycles. The minimum atomic E-state index is -0.943. The molecule has 30 heavy (non-hydrogen) atoms. The van der Waals surface area contributed by atoms with E-state index in [4.69, 9.17) is 9.15 Å². The highest BCUT2D eigenvalue weighted by Crippen LogP contribution is 2.27. The monoisotopic (exact) mass is 415 g/mol. The zero-order valence-corrected chi connectivity index (χ0v) is 16.3. The summed E-state index contributed by atoms with van der Waals surface area (Å²) >= 11 is 0. The minimum absolute atomic E-state index is 0.109. The van der Waals surface area contributed by atoms with Crippen molar-refractivity contribution in [3.63, 3.8) is 0 Å². The number of carbonyl (C=O) groups is 3. The molecule has 0 bridgehead atoms. The highest BCUT2D eigenvalue weighted by Gasteiger charge is 2.45. The molecule has 4 rings (SSSR count). The summed E-state index contributed by atoms with van der Waals surface area (Å²) in [5.41, 5.74) is 0.285. The molecular weight excluding hydrogens is 393 g/mol. The first-order valence-electron chi connectivity index (χ1n) is 9.81. The Morgan fingerprint density at radius 3 is 2.53 bits per heavy atom. The van der Waals surface area contributed by atoms with Crippen molar-refractivity contribution in [2.75, 3.05) is 44.3 Å². The van der Waals surface area contributed by atoms with Crippen LogP contribution in [-0.2, 0) is 14.3 Å². The second-order valence-electron chi connectivity index (χ2n) is 7.19. The fourth-order valence-corrected chi connectivity index (χ4v) is 3.74. The van der Waals surface area contributed by atoms with Gasteiger partial charge in [-0.25, -0.2) is 9.29 Å². The van der Waals surface area contributed by atoms with E-state index >= 15 is 0 Å². The predicted molar refractivity (Wildman–Crippen MR) is 104 cm³/mol. The van der Waals surface area contributed by atoms with Crippen molar-refractivity contribution < 1.29 is 27.9 Å². The summed E-state index contributed by atoms with van der Waals surface area (Å²) in [7, 11) is 0. The number of benzene rings is 1. The third-order valence-electron chi connectivity index (χ3n) is 5.34. The van der Waals surface area contributed by atoms with Gasteiger partial charge >= 0.3 is 0 Å². The van der Waals surface area contributed by atoms with Gasteiger partial charge in [0, 0.05) is 26.2 Å². The van der Waals surface area contributed by atoms with Gasteiger partial charge in [-0.05, 0) is 36.4 Å². The summed E-state index contributed by atoms with van der Waals surface area (Å²) in [6.45, 7) is 3.52. The van der Waals surface area contributed by atoms with Crippen LogP contribution in [0.25, 0.3) is 0 Å². The Kier molecular flexibility index (Phi) is 5.91. The Labute approximate surface area is 172 Å². The van der Waals surface area contributed by atoms with Gasteiger partial charge in [-0.15, -0.1) is 0 Å². The van der Waals surface area contributed by atoms with E-state index in [-0.39, 0.29) is 24.4 Å². The Hall–Kier alpha value is -3.04. The van der Waals surface area contributed by atoms with Crippen LogP contribution < -0.4 is 4.90 Å². The Balaban J connectivity index is 1.56. The minimum Gasteiger partial charge on any atom is -0.459 e. The number of imide groups is 1. The molecule has 8 nitrogen and oxygen atoms in total. The van der Waals surface area contributed by atoms with E-state index in [1.807, 2.05) is 0 Å². The maximum Gasteiger partial charge on any atom is 0.290 e. The van der Waals surface area contributed by atoms with Crippen LogP contribution >= 0.6 is 0 Å². The normalized spacial score (nSPS) is 20.0. The Morgan fingerprint density at radius 2 is 1.87 bits per heavy atom. The molecule has 0 aliphatic carbocycles. The van der Waals surface area contributed by atoms with E-state index in [2.05, 4.69) is 4.90 Å². The van der Waals surface area contributed by atoms with Crippen molar-refractivity contribution in [3.05, 3.63) is 54.2 Å². The van der Waals surface area contributed by atoms with Gasteiger partial charge in [0.25, 0.3) is 11.8 Å². The van der Waals surface area contributed by atoms with Crippen molar-refractivity contribution in [2.45, 2.75) is 12.5 Å². The number of ether oxygens (including phenoxy) is 1. The van der Waals surface area contributed by atoms with Crippen molar-refractivity contribution in [3.8, 4) is 0 Å². The number of furan rings is 1. The van der Waals surface area contributed by atoms with Gasteiger partial charge in [-0.3, -0.25) is 19.3 Å². The SMILES string of the molecule is O=C1CC(N(CCN2CCOCC2)C(=O)c2ccco2)C(=O)N1c1ccc(F)cc1. The van der Waals surface area contributed by atoms with Crippen LogP contribution in [0, 0.1) is 5.82 Å². The van der Waals surface area contributed by atoms with Crippen LogP contribution in [0.1, 0.15) is 17.0 Å². The van der Waals surface area contributed by atoms with Crippen LogP contribution in [-0.4, -0.2) is 73.0 Å². The van der Waals surface area contributed by atoms with Crippen LogP contribution in [0.3, 0.4) is 0 Å². The van der Waals surface area contributed by atoms with Crippen molar-refractivity contribution in [1.29, 1.82) is 0 Å². The number of hydrogen-bond acceptors (Lipinski definition) is 6. The van der Waals surface area contributed by atoms with Crippen molar-refractivity contribution in [2.24, 2.45) is 0 Å². The number of halogens is 1. The van der Waals surface area contributed by atoms with E-state index in [0.29, 0.717) is 19.8 Å². The summed E-state index contributed by atoms with van der Waals surface area (Å²) in [5.74, 6) is -1.74. The van der Waals surface area contributed by atoms with Crippen LogP contribution in [0.15, 0.2) is 47.1 Å². The molecule has 0 saturated carbocycles. The lowest BCUT2D eigenvalue weighted by Crippen LogP contribution is -2.49. The molecule has 0 spiro atoms. The van der Waals surface area contributed by atoms with Gasteiger partial charge in [0.15, 0.2) is 5.76 Å². The predicted octanol–water partition coefficient (Wildman–Crippen LogP) is 1.53. The van der Waals surface area contributed by atoms with Gasteiger partial charge in [-0.2, -0.15) is 0 Å². The van der Waals surface area contributed by atoms with Crippen LogP contribution in [0.2, 0.25) is 0 Å². The fraction of sp³-hybridized carbons (Fsp3) is 0.381. The first-order valence-corrected chi connectivity index (χ1v) is 9.81. The molecule has 0 N–H and O–H groups in total. The zero-order valence-electron chi connectivity index (χ0n) is 16.3. The quantitative estimate of drug-likeness (QED) is 0.666. The molecule has 3 amide bonds. The standard InChI is InChI=1S/C21H22FN3O5/c22-15-3-5-16(6-4-15)25-19(26)14-17(20(25)27)24(21(28)18-2-1-11-30-18)8-7-23-9-12-29-13-10-23/h1-6,11,17H,7-10,12-14H2. The zero-order chi connectivity index (χ0) is 21.1. The molecule has 1 aromatic heterocycles. The van der Waals surface area contributed by atoms with Gasteiger partial charge in [-0.1, -0.05) is 0 Å². The number of nitrogens with zero attached hydrogens (tertiary/aromatic N) is 3. The van der Waals surface area contributed by atoms with E-state index in [1.54, 1.807) is 6.07 Å². The summed E-state index contributed by atoms with van der Waals surface area (Å²) in [5, 5.41) is 0. The average molecular weight is 415 g/mol. The molecule has 2 aliphatic heterocycles. The maximum atomic E-state index is 13.2. The summed E-state index contributed by atoms with van der Waals surface area (Å²) in [6.07, 6.45) is 1.26. The average Bonchev–Trinajstić information content (AvgIpc) is 3.39. The molecule has 9 heteroatoms. The van der Waals surface area contributed by atoms with Crippen molar-refractivity contribution >= 4 is 23.4 Å². The number of hydrogen-bond donors (Lipinski definition) is 0. The van der Waals surface area contributed by atoms with Crippen molar-refractivity contribution in [1.82, 2.24) is 9.80 Å². The molecule has 3 heterocycles. The number of morpholine rings is 1. The first-order chi connectivity index (χ1) is 14.5. The second kappa shape index (κ2) is 8.76. The number of amides is 3. The number of anilines is 1. The van der Waals surface area contributed by atoms with E-state index in [0.717, 1.165) is 18.0 Å². The molecule has 1 atom stereocenters. The van der Waals surface area contributed by atoms with Crippen LogP contribution in [0.4, 0.5) is 10.1 Å². The Bertz CT molecular complexity index is 909. The Morgan fingerprint density at radius 1 is 1.13 bits per heavy atom. The lowest BCUT2D eigenvalue weighted by atomic mass is 10.2. The molecule has 1 unspecified atom stereocenters. The fourth-order valence-electron chi connectivity index (χ4n) is 3.74. The van der Waals surface area contributed by atoms with E-state index in [9.17, 15) is 18.8 Å². The number of rotatable bonds is 6. The molecule has 2 saturated heterocycles. The smallest absolute Gasteiger partial charge is 0.290 e. The van der Waals surface area contributed by atoms with E-state index in [1.165, 1.54) is 41.5 Å². The molecule has 2 aliphatic rings. The van der Waals surface area contributed by atoms with Gasteiger partial charge in [0.05, 0.1) is 31.6 Å². The molecule has 2 aromatic rings. The number of carbonyl (C=O) groups excluding carboxylic acids is 3. The molecular formula is C21H22FN3O5. The van der Waals surface area contributed by atoms with Gasteiger partial charge in [0.1, 0.15) is 11.9 Å². The molecule has 2 fully saturated rings. The lowest BCUT2D eigenvalue weighted by molar-refractivity contribution is -0.122. The summed E-state index contributed by atoms with van der Waals surface area (Å²) < 4.78 is 23.8. The molecule has 158 valence electrons. The van der Waals surface area contributed by atoms with E-state index < -0.39 is 29.6 Å². The van der Waals surface area contributed by atoms with Crippen LogP contribution in [0.5, 0.6) is 0 Å².